The van der Waals surface area contributed by atoms with Crippen molar-refractivity contribution in [1.82, 2.24) is 9.97 Å². The van der Waals surface area contributed by atoms with Gasteiger partial charge >= 0.3 is 6.01 Å². The monoisotopic (exact) mass is 369 g/mol. The van der Waals surface area contributed by atoms with E-state index in [0.717, 1.165) is 28.8 Å². The number of benzene rings is 1. The molecule has 1 aliphatic heterocycles. The first-order valence-corrected chi connectivity index (χ1v) is 7.59. The molecule has 1 aromatic heterocycles. The molecule has 1 aliphatic rings. The fourth-order valence-corrected chi connectivity index (χ4v) is 2.94. The van der Waals surface area contributed by atoms with Gasteiger partial charge in [0.05, 0.1) is 19.9 Å². The number of hydrogen-bond donors (Lipinski definition) is 1. The van der Waals surface area contributed by atoms with E-state index in [1.165, 1.54) is 18.9 Å². The molecule has 21 heavy (non-hydrogen) atoms. The Kier molecular flexibility index (Phi) is 4.17. The SMILES string of the molecule is COc1ncc(Cl)c(NCc2cc(Br)cc3c2OCC3)n1. The highest BCUT2D eigenvalue weighted by Crippen LogP contribution is 2.33. The lowest BCUT2D eigenvalue weighted by Crippen LogP contribution is -2.05. The fourth-order valence-electron chi connectivity index (χ4n) is 2.23. The number of methoxy groups -OCH3 is 1. The highest BCUT2D eigenvalue weighted by molar-refractivity contribution is 9.10. The Morgan fingerprint density at radius 3 is 3.14 bits per heavy atom. The summed E-state index contributed by atoms with van der Waals surface area (Å²) < 4.78 is 11.7. The van der Waals surface area contributed by atoms with E-state index in [1.807, 2.05) is 6.07 Å². The first kappa shape index (κ1) is 14.4. The lowest BCUT2D eigenvalue weighted by Gasteiger charge is -2.12. The summed E-state index contributed by atoms with van der Waals surface area (Å²) in [5.41, 5.74) is 2.28. The molecule has 2 heterocycles. The van der Waals surface area contributed by atoms with Crippen LogP contribution < -0.4 is 14.8 Å². The molecule has 7 heteroatoms. The van der Waals surface area contributed by atoms with Crippen molar-refractivity contribution in [3.05, 3.63) is 39.0 Å². The van der Waals surface area contributed by atoms with Gasteiger partial charge in [-0.05, 0) is 17.7 Å². The Labute approximate surface area is 135 Å². The average molecular weight is 371 g/mol. The smallest absolute Gasteiger partial charge is 0.318 e. The topological polar surface area (TPSA) is 56.3 Å². The van der Waals surface area contributed by atoms with Gasteiger partial charge in [-0.15, -0.1) is 0 Å². The molecule has 0 spiro atoms. The predicted octanol–water partition coefficient (Wildman–Crippen LogP) is 3.45. The third kappa shape index (κ3) is 3.06. The number of aromatic nitrogens is 2. The van der Waals surface area contributed by atoms with Crippen molar-refractivity contribution >= 4 is 33.3 Å². The van der Waals surface area contributed by atoms with Crippen molar-refractivity contribution < 1.29 is 9.47 Å². The number of rotatable bonds is 4. The van der Waals surface area contributed by atoms with Crippen LogP contribution in [0.5, 0.6) is 11.8 Å². The maximum Gasteiger partial charge on any atom is 0.318 e. The van der Waals surface area contributed by atoms with Gasteiger partial charge in [-0.1, -0.05) is 27.5 Å². The normalized spacial score (nSPS) is 12.7. The second-order valence-corrected chi connectivity index (χ2v) is 5.88. The lowest BCUT2D eigenvalue weighted by atomic mass is 10.1. The fraction of sp³-hybridized carbons (Fsp3) is 0.286. The minimum absolute atomic E-state index is 0.276. The molecule has 0 fully saturated rings. The zero-order valence-corrected chi connectivity index (χ0v) is 13.7. The molecular weight excluding hydrogens is 358 g/mol. The van der Waals surface area contributed by atoms with Crippen LogP contribution in [-0.2, 0) is 13.0 Å². The van der Waals surface area contributed by atoms with Gasteiger partial charge in [0, 0.05) is 23.0 Å². The average Bonchev–Trinajstić information content (AvgIpc) is 2.94. The Hall–Kier alpha value is -1.53. The molecule has 0 radical (unpaired) electrons. The van der Waals surface area contributed by atoms with Crippen molar-refractivity contribution in [2.45, 2.75) is 13.0 Å². The molecule has 0 aliphatic carbocycles. The summed E-state index contributed by atoms with van der Waals surface area (Å²) in [7, 11) is 1.52. The van der Waals surface area contributed by atoms with Crippen LogP contribution in [0.1, 0.15) is 11.1 Å². The van der Waals surface area contributed by atoms with Crippen molar-refractivity contribution in [1.29, 1.82) is 0 Å². The third-order valence-electron chi connectivity index (χ3n) is 3.18. The summed E-state index contributed by atoms with van der Waals surface area (Å²) in [6.07, 6.45) is 2.45. The maximum atomic E-state index is 6.08. The maximum absolute atomic E-state index is 6.08. The number of fused-ring (bicyclic) bond motifs is 1. The van der Waals surface area contributed by atoms with Crippen LogP contribution in [0.15, 0.2) is 22.8 Å². The van der Waals surface area contributed by atoms with Gasteiger partial charge < -0.3 is 14.8 Å². The number of nitrogens with zero attached hydrogens (tertiary/aromatic N) is 2. The Bertz CT molecular complexity index is 682. The molecule has 1 aromatic carbocycles. The second kappa shape index (κ2) is 6.07. The minimum Gasteiger partial charge on any atom is -0.493 e. The van der Waals surface area contributed by atoms with Crippen molar-refractivity contribution in [2.24, 2.45) is 0 Å². The van der Waals surface area contributed by atoms with Crippen molar-refractivity contribution in [2.75, 3.05) is 19.0 Å². The largest absolute Gasteiger partial charge is 0.493 e. The van der Waals surface area contributed by atoms with E-state index < -0.39 is 0 Å². The summed E-state index contributed by atoms with van der Waals surface area (Å²) in [5, 5.41) is 3.64. The van der Waals surface area contributed by atoms with Crippen LogP contribution in [0, 0.1) is 0 Å². The van der Waals surface area contributed by atoms with Gasteiger partial charge in [-0.3, -0.25) is 0 Å². The Balaban J connectivity index is 1.82. The molecule has 5 nitrogen and oxygen atoms in total. The Morgan fingerprint density at radius 1 is 1.48 bits per heavy atom. The summed E-state index contributed by atoms with van der Waals surface area (Å²) in [5.74, 6) is 1.48. The number of hydrogen-bond acceptors (Lipinski definition) is 5. The zero-order valence-electron chi connectivity index (χ0n) is 11.3. The molecule has 0 saturated carbocycles. The number of halogens is 2. The van der Waals surface area contributed by atoms with Gasteiger partial charge in [-0.25, -0.2) is 4.98 Å². The lowest BCUT2D eigenvalue weighted by molar-refractivity contribution is 0.354. The van der Waals surface area contributed by atoms with Crippen LogP contribution >= 0.6 is 27.5 Å². The van der Waals surface area contributed by atoms with E-state index in [-0.39, 0.29) is 6.01 Å². The van der Waals surface area contributed by atoms with Gasteiger partial charge in [-0.2, -0.15) is 4.98 Å². The quantitative estimate of drug-likeness (QED) is 0.893. The highest BCUT2D eigenvalue weighted by atomic mass is 79.9. The molecule has 0 atom stereocenters. The highest BCUT2D eigenvalue weighted by Gasteiger charge is 2.17. The molecule has 2 aromatic rings. The molecule has 3 rings (SSSR count). The molecule has 0 bridgehead atoms. The van der Waals surface area contributed by atoms with Crippen LogP contribution in [0.2, 0.25) is 5.02 Å². The third-order valence-corrected chi connectivity index (χ3v) is 3.91. The van der Waals surface area contributed by atoms with Crippen LogP contribution in [0.3, 0.4) is 0 Å². The molecule has 0 unspecified atom stereocenters. The van der Waals surface area contributed by atoms with Gasteiger partial charge in [0.1, 0.15) is 10.8 Å². The molecule has 0 amide bonds. The number of anilines is 1. The van der Waals surface area contributed by atoms with Crippen LogP contribution in [-0.4, -0.2) is 23.7 Å². The van der Waals surface area contributed by atoms with Crippen LogP contribution in [0.25, 0.3) is 0 Å². The minimum atomic E-state index is 0.276. The van der Waals surface area contributed by atoms with E-state index in [2.05, 4.69) is 37.3 Å². The standard InChI is InChI=1S/C14H13BrClN3O2/c1-20-14-18-7-11(16)13(19-14)17-6-9-5-10(15)4-8-2-3-21-12(8)9/h4-5,7H,2-3,6H2,1H3,(H,17,18,19). The van der Waals surface area contributed by atoms with E-state index >= 15 is 0 Å². The predicted molar refractivity (Wildman–Crippen MR) is 84.3 cm³/mol. The summed E-state index contributed by atoms with van der Waals surface area (Å²) in [6, 6.07) is 4.40. The first-order chi connectivity index (χ1) is 10.2. The molecule has 1 N–H and O–H groups in total. The molecule has 110 valence electrons. The van der Waals surface area contributed by atoms with E-state index in [1.54, 1.807) is 0 Å². The summed E-state index contributed by atoms with van der Waals surface area (Å²) in [4.78, 5) is 8.14. The number of ether oxygens (including phenoxy) is 2. The Morgan fingerprint density at radius 2 is 2.33 bits per heavy atom. The van der Waals surface area contributed by atoms with E-state index in [0.29, 0.717) is 17.4 Å². The van der Waals surface area contributed by atoms with E-state index in [4.69, 9.17) is 21.1 Å². The summed E-state index contributed by atoms with van der Waals surface area (Å²) >= 11 is 9.61. The van der Waals surface area contributed by atoms with Crippen molar-refractivity contribution in [3.63, 3.8) is 0 Å². The first-order valence-electron chi connectivity index (χ1n) is 6.42. The molecular formula is C14H13BrClN3O2. The zero-order chi connectivity index (χ0) is 14.8. The van der Waals surface area contributed by atoms with Gasteiger partial charge in [0.25, 0.3) is 0 Å². The van der Waals surface area contributed by atoms with Gasteiger partial charge in [0.2, 0.25) is 0 Å². The van der Waals surface area contributed by atoms with Crippen molar-refractivity contribution in [3.8, 4) is 11.8 Å². The van der Waals surface area contributed by atoms with Gasteiger partial charge in [0.15, 0.2) is 5.82 Å². The molecule has 0 saturated heterocycles. The number of nitrogens with one attached hydrogen (secondary N) is 1. The van der Waals surface area contributed by atoms with Crippen LogP contribution in [0.4, 0.5) is 5.82 Å². The second-order valence-electron chi connectivity index (χ2n) is 4.56. The summed E-state index contributed by atoms with van der Waals surface area (Å²) in [6.45, 7) is 1.28. The van der Waals surface area contributed by atoms with E-state index in [9.17, 15) is 0 Å².